The molecule has 0 aliphatic rings. The van der Waals surface area contributed by atoms with Gasteiger partial charge in [-0.3, -0.25) is 4.98 Å². The molecule has 1 unspecified atom stereocenters. The minimum Gasteiger partial charge on any atom is -0.478 e. The Labute approximate surface area is 122 Å². The molecule has 0 bridgehead atoms. The van der Waals surface area contributed by atoms with Gasteiger partial charge in [0.15, 0.2) is 0 Å². The first-order valence-corrected chi connectivity index (χ1v) is 7.42. The lowest BCUT2D eigenvalue weighted by Gasteiger charge is -2.18. The lowest BCUT2D eigenvalue weighted by molar-refractivity contribution is 0.0694. The number of benzene rings is 1. The number of carboxylic acid groups (broad SMARTS) is 1. The molecule has 0 saturated heterocycles. The lowest BCUT2D eigenvalue weighted by atomic mass is 10.1. The van der Waals surface area contributed by atoms with Crippen molar-refractivity contribution in [2.75, 3.05) is 11.6 Å². The molecular weight excluding hydrogens is 272 g/mol. The minimum absolute atomic E-state index is 0.0149. The van der Waals surface area contributed by atoms with E-state index in [4.69, 9.17) is 0 Å². The third-order valence-electron chi connectivity index (χ3n) is 3.02. The molecule has 2 rings (SSSR count). The number of rotatable bonds is 5. The predicted octanol–water partition coefficient (Wildman–Crippen LogP) is 3.67. The van der Waals surface area contributed by atoms with Gasteiger partial charge in [0.25, 0.3) is 0 Å². The maximum atomic E-state index is 11.5. The van der Waals surface area contributed by atoms with Gasteiger partial charge in [0.05, 0.1) is 17.3 Å². The van der Waals surface area contributed by atoms with Crippen LogP contribution in [0.3, 0.4) is 0 Å². The Kier molecular flexibility index (Phi) is 4.63. The van der Waals surface area contributed by atoms with Gasteiger partial charge < -0.3 is 10.4 Å². The average Bonchev–Trinajstić information content (AvgIpc) is 2.47. The molecule has 1 heterocycles. The predicted molar refractivity (Wildman–Crippen MR) is 81.5 cm³/mol. The van der Waals surface area contributed by atoms with Crippen LogP contribution in [0.2, 0.25) is 0 Å². The number of carbonyl (C=O) groups is 1. The van der Waals surface area contributed by atoms with E-state index < -0.39 is 5.97 Å². The van der Waals surface area contributed by atoms with E-state index in [1.807, 2.05) is 37.4 Å². The molecule has 1 aromatic carbocycles. The number of carboxylic acids is 1. The van der Waals surface area contributed by atoms with Crippen LogP contribution in [0.25, 0.3) is 0 Å². The normalized spacial score (nSPS) is 11.9. The zero-order chi connectivity index (χ0) is 14.5. The molecule has 2 aromatic rings. The van der Waals surface area contributed by atoms with Crippen molar-refractivity contribution >= 4 is 23.4 Å². The van der Waals surface area contributed by atoms with Gasteiger partial charge in [-0.15, -0.1) is 11.8 Å². The first kappa shape index (κ1) is 14.4. The third kappa shape index (κ3) is 3.11. The third-order valence-corrected chi connectivity index (χ3v) is 3.80. The molecule has 0 aliphatic carbocycles. The first-order chi connectivity index (χ1) is 9.63. The average molecular weight is 288 g/mol. The summed E-state index contributed by atoms with van der Waals surface area (Å²) in [7, 11) is 0. The van der Waals surface area contributed by atoms with Crippen molar-refractivity contribution in [2.24, 2.45) is 0 Å². The highest BCUT2D eigenvalue weighted by atomic mass is 32.2. The summed E-state index contributed by atoms with van der Waals surface area (Å²) >= 11 is 1.43. The van der Waals surface area contributed by atoms with Crippen molar-refractivity contribution in [3.8, 4) is 0 Å². The van der Waals surface area contributed by atoms with Gasteiger partial charge >= 0.3 is 5.97 Å². The first-order valence-electron chi connectivity index (χ1n) is 6.20. The second kappa shape index (κ2) is 6.43. The molecule has 0 aliphatic heterocycles. The molecule has 1 aromatic heterocycles. The van der Waals surface area contributed by atoms with Crippen LogP contribution in [0.5, 0.6) is 0 Å². The summed E-state index contributed by atoms with van der Waals surface area (Å²) in [6.07, 6.45) is 5.36. The van der Waals surface area contributed by atoms with Crippen molar-refractivity contribution in [1.82, 2.24) is 4.98 Å². The molecule has 0 saturated carbocycles. The van der Waals surface area contributed by atoms with E-state index in [-0.39, 0.29) is 6.04 Å². The number of aromatic carboxylic acids is 1. The van der Waals surface area contributed by atoms with Crippen molar-refractivity contribution in [3.05, 3.63) is 53.9 Å². The molecule has 4 nitrogen and oxygen atoms in total. The smallest absolute Gasteiger partial charge is 0.338 e. The lowest BCUT2D eigenvalue weighted by Crippen LogP contribution is -2.11. The Hall–Kier alpha value is -2.01. The summed E-state index contributed by atoms with van der Waals surface area (Å²) in [5.74, 6) is -0.921. The second-order valence-corrected chi connectivity index (χ2v) is 5.19. The zero-order valence-corrected chi connectivity index (χ0v) is 12.1. The van der Waals surface area contributed by atoms with Crippen LogP contribution in [0.15, 0.2) is 47.6 Å². The number of anilines is 1. The van der Waals surface area contributed by atoms with Gasteiger partial charge in [0.2, 0.25) is 0 Å². The van der Waals surface area contributed by atoms with E-state index in [0.29, 0.717) is 11.3 Å². The zero-order valence-electron chi connectivity index (χ0n) is 11.3. The van der Waals surface area contributed by atoms with E-state index in [1.165, 1.54) is 11.8 Å². The number of thioether (sulfide) groups is 1. The van der Waals surface area contributed by atoms with Crippen LogP contribution in [0.4, 0.5) is 5.69 Å². The van der Waals surface area contributed by atoms with Crippen LogP contribution >= 0.6 is 11.8 Å². The molecule has 2 N–H and O–H groups in total. The molecule has 104 valence electrons. The Morgan fingerprint density at radius 2 is 2.15 bits per heavy atom. The van der Waals surface area contributed by atoms with E-state index in [9.17, 15) is 9.90 Å². The fourth-order valence-electron chi connectivity index (χ4n) is 1.99. The quantitative estimate of drug-likeness (QED) is 0.822. The highest BCUT2D eigenvalue weighted by Gasteiger charge is 2.16. The Bertz CT molecular complexity index is 602. The van der Waals surface area contributed by atoms with Crippen LogP contribution < -0.4 is 5.32 Å². The van der Waals surface area contributed by atoms with Gasteiger partial charge in [0.1, 0.15) is 0 Å². The molecule has 5 heteroatoms. The van der Waals surface area contributed by atoms with Gasteiger partial charge in [0, 0.05) is 17.3 Å². The topological polar surface area (TPSA) is 62.2 Å². The van der Waals surface area contributed by atoms with Crippen LogP contribution in [0.1, 0.15) is 28.9 Å². The summed E-state index contributed by atoms with van der Waals surface area (Å²) in [5.41, 5.74) is 1.95. The fourth-order valence-corrected chi connectivity index (χ4v) is 2.61. The van der Waals surface area contributed by atoms with Gasteiger partial charge in [-0.05, 0) is 36.9 Å². The van der Waals surface area contributed by atoms with Crippen LogP contribution in [-0.2, 0) is 0 Å². The number of aromatic nitrogens is 1. The number of nitrogens with zero attached hydrogens (tertiary/aromatic N) is 1. The summed E-state index contributed by atoms with van der Waals surface area (Å²) in [5, 5.41) is 12.6. The number of nitrogens with one attached hydrogen (secondary N) is 1. The van der Waals surface area contributed by atoms with E-state index in [0.717, 1.165) is 10.5 Å². The maximum absolute atomic E-state index is 11.5. The maximum Gasteiger partial charge on any atom is 0.338 e. The Morgan fingerprint density at radius 1 is 1.35 bits per heavy atom. The SMILES string of the molecule is CSc1cccc(NC(C)c2cccnc2)c1C(=O)O. The Balaban J connectivity index is 2.32. The molecule has 20 heavy (non-hydrogen) atoms. The van der Waals surface area contributed by atoms with Crippen molar-refractivity contribution in [2.45, 2.75) is 17.9 Å². The van der Waals surface area contributed by atoms with Gasteiger partial charge in [-0.2, -0.15) is 0 Å². The number of hydrogen-bond donors (Lipinski definition) is 2. The fraction of sp³-hybridized carbons (Fsp3) is 0.200. The molecule has 0 radical (unpaired) electrons. The van der Waals surface area contributed by atoms with E-state index in [1.54, 1.807) is 18.5 Å². The highest BCUT2D eigenvalue weighted by molar-refractivity contribution is 7.98. The van der Waals surface area contributed by atoms with Crippen molar-refractivity contribution < 1.29 is 9.90 Å². The number of pyridine rings is 1. The standard InChI is InChI=1S/C15H16N2O2S/c1-10(11-5-4-8-16-9-11)17-12-6-3-7-13(20-2)14(12)15(18)19/h3-10,17H,1-2H3,(H,18,19). The minimum atomic E-state index is -0.921. The van der Waals surface area contributed by atoms with E-state index in [2.05, 4.69) is 10.3 Å². The highest BCUT2D eigenvalue weighted by Crippen LogP contribution is 2.29. The monoisotopic (exact) mass is 288 g/mol. The van der Waals surface area contributed by atoms with Crippen molar-refractivity contribution in [3.63, 3.8) is 0 Å². The molecular formula is C15H16N2O2S. The summed E-state index contributed by atoms with van der Waals surface area (Å²) in [6.45, 7) is 1.98. The van der Waals surface area contributed by atoms with Gasteiger partial charge in [-0.1, -0.05) is 12.1 Å². The van der Waals surface area contributed by atoms with Crippen LogP contribution in [0, 0.1) is 0 Å². The summed E-state index contributed by atoms with van der Waals surface area (Å²) < 4.78 is 0. The molecule has 1 atom stereocenters. The van der Waals surface area contributed by atoms with Crippen LogP contribution in [-0.4, -0.2) is 22.3 Å². The van der Waals surface area contributed by atoms with Crippen molar-refractivity contribution in [1.29, 1.82) is 0 Å². The second-order valence-electron chi connectivity index (χ2n) is 4.34. The van der Waals surface area contributed by atoms with E-state index >= 15 is 0 Å². The number of hydrogen-bond acceptors (Lipinski definition) is 4. The summed E-state index contributed by atoms with van der Waals surface area (Å²) in [4.78, 5) is 16.3. The molecule has 0 amide bonds. The largest absolute Gasteiger partial charge is 0.478 e. The van der Waals surface area contributed by atoms with Gasteiger partial charge in [-0.25, -0.2) is 4.79 Å². The summed E-state index contributed by atoms with van der Waals surface area (Å²) in [6, 6.07) is 9.27. The molecule has 0 spiro atoms. The molecule has 0 fully saturated rings. The Morgan fingerprint density at radius 3 is 2.75 bits per heavy atom.